The van der Waals surface area contributed by atoms with Crippen LogP contribution in [0.1, 0.15) is 25.2 Å². The molecule has 0 aliphatic carbocycles. The number of nitrogen functional groups attached to an aromatic ring is 1. The number of hydrogen-bond acceptors (Lipinski definition) is 3. The first-order valence-electron chi connectivity index (χ1n) is 6.37. The molecule has 0 bridgehead atoms. The quantitative estimate of drug-likeness (QED) is 0.858. The highest BCUT2D eigenvalue weighted by Gasteiger charge is 2.08. The lowest BCUT2D eigenvalue weighted by atomic mass is 10.3. The van der Waals surface area contributed by atoms with Crippen molar-refractivity contribution in [2.45, 2.75) is 33.4 Å². The third-order valence-corrected chi connectivity index (χ3v) is 3.56. The molecule has 2 rings (SSSR count). The number of halogens is 1. The average molecular weight is 324 g/mol. The highest BCUT2D eigenvalue weighted by Crippen LogP contribution is 2.27. The Balaban J connectivity index is 2.13. The Labute approximate surface area is 121 Å². The highest BCUT2D eigenvalue weighted by molar-refractivity contribution is 9.10. The fraction of sp³-hybridized carbons (Fsp3) is 0.357. The zero-order valence-electron chi connectivity index (χ0n) is 11.2. The van der Waals surface area contributed by atoms with E-state index in [1.165, 1.54) is 0 Å². The van der Waals surface area contributed by atoms with E-state index in [9.17, 15) is 0 Å². The molecule has 0 amide bonds. The second-order valence-electron chi connectivity index (χ2n) is 4.27. The number of hydrogen-bond donors (Lipinski definition) is 1. The summed E-state index contributed by atoms with van der Waals surface area (Å²) in [6, 6.07) is 7.63. The zero-order chi connectivity index (χ0) is 13.8. The van der Waals surface area contributed by atoms with Crippen molar-refractivity contribution in [3.05, 3.63) is 40.1 Å². The summed E-state index contributed by atoms with van der Waals surface area (Å²) in [6.07, 6.45) is 0.933. The van der Waals surface area contributed by atoms with Crippen LogP contribution in [0.5, 0.6) is 5.75 Å². The van der Waals surface area contributed by atoms with Crippen molar-refractivity contribution >= 4 is 21.6 Å². The van der Waals surface area contributed by atoms with Gasteiger partial charge in [-0.05, 0) is 47.5 Å². The SMILES string of the molecule is CCc1cc(COc2cc(N)ccc2Br)n(CC)n1. The van der Waals surface area contributed by atoms with Gasteiger partial charge in [-0.2, -0.15) is 5.10 Å². The molecule has 0 radical (unpaired) electrons. The first-order chi connectivity index (χ1) is 9.13. The molecule has 1 aromatic heterocycles. The van der Waals surface area contributed by atoms with Gasteiger partial charge in [0.25, 0.3) is 0 Å². The van der Waals surface area contributed by atoms with Crippen LogP contribution in [0, 0.1) is 0 Å². The normalized spacial score (nSPS) is 10.7. The van der Waals surface area contributed by atoms with Crippen LogP contribution in [-0.4, -0.2) is 9.78 Å². The molecule has 1 aromatic carbocycles. The second-order valence-corrected chi connectivity index (χ2v) is 5.13. The minimum atomic E-state index is 0.489. The summed E-state index contributed by atoms with van der Waals surface area (Å²) in [5.74, 6) is 0.752. The molecule has 0 saturated heterocycles. The molecule has 0 fully saturated rings. The van der Waals surface area contributed by atoms with E-state index in [-0.39, 0.29) is 0 Å². The van der Waals surface area contributed by atoms with Crippen LogP contribution in [0.4, 0.5) is 5.69 Å². The molecule has 19 heavy (non-hydrogen) atoms. The van der Waals surface area contributed by atoms with Gasteiger partial charge in [-0.15, -0.1) is 0 Å². The maximum atomic E-state index is 5.82. The number of anilines is 1. The van der Waals surface area contributed by atoms with Crippen molar-refractivity contribution in [2.24, 2.45) is 0 Å². The maximum absolute atomic E-state index is 5.82. The molecule has 5 heteroatoms. The second kappa shape index (κ2) is 6.10. The summed E-state index contributed by atoms with van der Waals surface area (Å²) in [7, 11) is 0. The van der Waals surface area contributed by atoms with Crippen LogP contribution in [0.25, 0.3) is 0 Å². The molecule has 4 nitrogen and oxygen atoms in total. The molecule has 1 heterocycles. The minimum Gasteiger partial charge on any atom is -0.486 e. The third kappa shape index (κ3) is 3.29. The lowest BCUT2D eigenvalue weighted by Crippen LogP contribution is -2.06. The van der Waals surface area contributed by atoms with E-state index in [4.69, 9.17) is 10.5 Å². The number of nitrogens with two attached hydrogens (primary N) is 1. The van der Waals surface area contributed by atoms with E-state index in [2.05, 4.69) is 40.9 Å². The van der Waals surface area contributed by atoms with Crippen molar-refractivity contribution in [2.75, 3.05) is 5.73 Å². The van der Waals surface area contributed by atoms with Gasteiger partial charge >= 0.3 is 0 Å². The van der Waals surface area contributed by atoms with E-state index in [1.54, 1.807) is 0 Å². The fourth-order valence-electron chi connectivity index (χ4n) is 1.86. The van der Waals surface area contributed by atoms with E-state index in [0.29, 0.717) is 12.3 Å². The highest BCUT2D eigenvalue weighted by atomic mass is 79.9. The molecule has 2 N–H and O–H groups in total. The van der Waals surface area contributed by atoms with Crippen molar-refractivity contribution < 1.29 is 4.74 Å². The molecule has 0 saturated carbocycles. The van der Waals surface area contributed by atoms with Gasteiger partial charge in [-0.3, -0.25) is 4.68 Å². The zero-order valence-corrected chi connectivity index (χ0v) is 12.8. The molecule has 0 spiro atoms. The largest absolute Gasteiger partial charge is 0.486 e. The van der Waals surface area contributed by atoms with Gasteiger partial charge in [0, 0.05) is 18.3 Å². The van der Waals surface area contributed by atoms with Gasteiger partial charge in [0.1, 0.15) is 12.4 Å². The monoisotopic (exact) mass is 323 g/mol. The van der Waals surface area contributed by atoms with E-state index >= 15 is 0 Å². The van der Waals surface area contributed by atoms with Gasteiger partial charge in [-0.1, -0.05) is 6.92 Å². The predicted octanol–water partition coefficient (Wildman–Crippen LogP) is 3.39. The van der Waals surface area contributed by atoms with E-state index < -0.39 is 0 Å². The van der Waals surface area contributed by atoms with Crippen LogP contribution in [-0.2, 0) is 19.6 Å². The third-order valence-electron chi connectivity index (χ3n) is 2.91. The van der Waals surface area contributed by atoms with Crippen LogP contribution in [0.2, 0.25) is 0 Å². The van der Waals surface area contributed by atoms with Gasteiger partial charge in [0.05, 0.1) is 15.9 Å². The Bertz CT molecular complexity index is 566. The van der Waals surface area contributed by atoms with Crippen molar-refractivity contribution in [1.82, 2.24) is 9.78 Å². The summed E-state index contributed by atoms with van der Waals surface area (Å²) in [5.41, 5.74) is 8.62. The summed E-state index contributed by atoms with van der Waals surface area (Å²) < 4.78 is 8.69. The fourth-order valence-corrected chi connectivity index (χ4v) is 2.22. The van der Waals surface area contributed by atoms with Crippen LogP contribution in [0.15, 0.2) is 28.7 Å². The molecule has 102 valence electrons. The number of nitrogens with zero attached hydrogens (tertiary/aromatic N) is 2. The van der Waals surface area contributed by atoms with Crippen molar-refractivity contribution in [3.63, 3.8) is 0 Å². The molecular weight excluding hydrogens is 306 g/mol. The lowest BCUT2D eigenvalue weighted by molar-refractivity contribution is 0.291. The summed E-state index contributed by atoms with van der Waals surface area (Å²) in [6.45, 7) is 5.51. The Morgan fingerprint density at radius 1 is 1.32 bits per heavy atom. The Hall–Kier alpha value is -1.49. The number of aromatic nitrogens is 2. The van der Waals surface area contributed by atoms with Gasteiger partial charge in [0.2, 0.25) is 0 Å². The molecule has 0 aliphatic heterocycles. The van der Waals surface area contributed by atoms with Crippen LogP contribution >= 0.6 is 15.9 Å². The number of benzene rings is 1. The van der Waals surface area contributed by atoms with Crippen molar-refractivity contribution in [1.29, 1.82) is 0 Å². The predicted molar refractivity (Wildman–Crippen MR) is 80.2 cm³/mol. The van der Waals surface area contributed by atoms with Gasteiger partial charge in [-0.25, -0.2) is 0 Å². The number of ether oxygens (including phenoxy) is 1. The Morgan fingerprint density at radius 3 is 2.79 bits per heavy atom. The number of rotatable bonds is 5. The van der Waals surface area contributed by atoms with Crippen molar-refractivity contribution in [3.8, 4) is 5.75 Å². The topological polar surface area (TPSA) is 53.1 Å². The lowest BCUT2D eigenvalue weighted by Gasteiger charge is -2.09. The molecule has 0 atom stereocenters. The van der Waals surface area contributed by atoms with E-state index in [0.717, 1.165) is 34.6 Å². The molecule has 2 aromatic rings. The van der Waals surface area contributed by atoms with Gasteiger partial charge < -0.3 is 10.5 Å². The maximum Gasteiger partial charge on any atom is 0.136 e. The summed E-state index contributed by atoms with van der Waals surface area (Å²) >= 11 is 3.46. The number of aryl methyl sites for hydroxylation is 2. The molecular formula is C14H18BrN3O. The van der Waals surface area contributed by atoms with E-state index in [1.807, 2.05) is 22.9 Å². The summed E-state index contributed by atoms with van der Waals surface area (Å²) in [4.78, 5) is 0. The minimum absolute atomic E-state index is 0.489. The first-order valence-corrected chi connectivity index (χ1v) is 7.16. The van der Waals surface area contributed by atoms with Gasteiger partial charge in [0.15, 0.2) is 0 Å². The van der Waals surface area contributed by atoms with Crippen LogP contribution in [0.3, 0.4) is 0 Å². The Kier molecular flexibility index (Phi) is 4.47. The first kappa shape index (κ1) is 13.9. The Morgan fingerprint density at radius 2 is 2.11 bits per heavy atom. The smallest absolute Gasteiger partial charge is 0.136 e. The van der Waals surface area contributed by atoms with Crippen LogP contribution < -0.4 is 10.5 Å². The summed E-state index contributed by atoms with van der Waals surface area (Å²) in [5, 5.41) is 4.50. The molecule has 0 unspecified atom stereocenters. The molecule has 0 aliphatic rings. The standard InChI is InChI=1S/C14H18BrN3O/c1-3-11-8-12(18(4-2)17-11)9-19-14-7-10(16)5-6-13(14)15/h5-8H,3-4,9,16H2,1-2H3. The average Bonchev–Trinajstić information content (AvgIpc) is 2.82.